The van der Waals surface area contributed by atoms with E-state index in [0.29, 0.717) is 0 Å². The SMILES string of the molecule is c1ccc2nncc-2nc1. The van der Waals surface area contributed by atoms with E-state index in [1.807, 2.05) is 18.2 Å². The Labute approximate surface area is 58.1 Å². The first-order chi connectivity index (χ1) is 4.97. The van der Waals surface area contributed by atoms with E-state index in [1.165, 1.54) is 0 Å². The zero-order chi connectivity index (χ0) is 6.81. The number of hydrogen-bond acceptors (Lipinski definition) is 3. The molecule has 2 aliphatic heterocycles. The number of rotatable bonds is 0. The van der Waals surface area contributed by atoms with Gasteiger partial charge in [0.1, 0.15) is 11.4 Å². The van der Waals surface area contributed by atoms with Crippen LogP contribution < -0.4 is 0 Å². The van der Waals surface area contributed by atoms with Crippen LogP contribution in [0, 0.1) is 0 Å². The lowest BCUT2D eigenvalue weighted by atomic mass is 10.3. The maximum Gasteiger partial charge on any atom is 0.113 e. The minimum atomic E-state index is 0.838. The number of fused-ring (bicyclic) bond motifs is 1. The summed E-state index contributed by atoms with van der Waals surface area (Å²) in [6, 6.07) is 5.64. The molecule has 2 rings (SSSR count). The fourth-order valence-electron chi connectivity index (χ4n) is 0.801. The van der Waals surface area contributed by atoms with Crippen LogP contribution in [0.3, 0.4) is 0 Å². The maximum absolute atomic E-state index is 4.08. The Bertz CT molecular complexity index is 280. The normalized spacial score (nSPS) is 10.0. The smallest absolute Gasteiger partial charge is 0.113 e. The van der Waals surface area contributed by atoms with Crippen LogP contribution in [-0.4, -0.2) is 15.2 Å². The van der Waals surface area contributed by atoms with Gasteiger partial charge in [-0.15, -0.1) is 5.10 Å². The second-order valence-corrected chi connectivity index (χ2v) is 1.94. The average molecular weight is 131 g/mol. The van der Waals surface area contributed by atoms with Gasteiger partial charge < -0.3 is 0 Å². The molecule has 0 amide bonds. The first kappa shape index (κ1) is 5.29. The van der Waals surface area contributed by atoms with E-state index in [-0.39, 0.29) is 0 Å². The summed E-state index contributed by atoms with van der Waals surface area (Å²) in [6.45, 7) is 0. The molecule has 0 saturated carbocycles. The van der Waals surface area contributed by atoms with Crippen LogP contribution in [0.15, 0.2) is 30.6 Å². The van der Waals surface area contributed by atoms with Crippen molar-refractivity contribution in [1.29, 1.82) is 0 Å². The van der Waals surface area contributed by atoms with Crippen molar-refractivity contribution in [3.63, 3.8) is 0 Å². The van der Waals surface area contributed by atoms with Crippen molar-refractivity contribution in [2.45, 2.75) is 0 Å². The van der Waals surface area contributed by atoms with E-state index < -0.39 is 0 Å². The largest absolute Gasteiger partial charge is 0.253 e. The predicted molar refractivity (Wildman–Crippen MR) is 36.4 cm³/mol. The Morgan fingerprint density at radius 1 is 1.10 bits per heavy atom. The minimum absolute atomic E-state index is 0.838. The van der Waals surface area contributed by atoms with Crippen molar-refractivity contribution < 1.29 is 0 Å². The molecule has 3 nitrogen and oxygen atoms in total. The molecule has 0 aliphatic carbocycles. The van der Waals surface area contributed by atoms with E-state index >= 15 is 0 Å². The third-order valence-corrected chi connectivity index (χ3v) is 1.27. The molecule has 0 radical (unpaired) electrons. The molecular weight excluding hydrogens is 126 g/mol. The maximum atomic E-state index is 4.08. The van der Waals surface area contributed by atoms with E-state index in [4.69, 9.17) is 0 Å². The third kappa shape index (κ3) is 0.719. The van der Waals surface area contributed by atoms with Gasteiger partial charge in [0.05, 0.1) is 6.20 Å². The molecule has 0 unspecified atom stereocenters. The first-order valence-electron chi connectivity index (χ1n) is 2.99. The Morgan fingerprint density at radius 2 is 2.10 bits per heavy atom. The molecule has 0 saturated heterocycles. The van der Waals surface area contributed by atoms with Crippen molar-refractivity contribution >= 4 is 0 Å². The van der Waals surface area contributed by atoms with E-state index in [2.05, 4.69) is 15.2 Å². The summed E-state index contributed by atoms with van der Waals surface area (Å²) >= 11 is 0. The Hall–Kier alpha value is -1.51. The second kappa shape index (κ2) is 2.02. The van der Waals surface area contributed by atoms with Crippen LogP contribution in [0.1, 0.15) is 0 Å². The van der Waals surface area contributed by atoms with Crippen molar-refractivity contribution in [3.8, 4) is 11.4 Å². The Morgan fingerprint density at radius 3 is 3.10 bits per heavy atom. The zero-order valence-corrected chi connectivity index (χ0v) is 5.23. The summed E-state index contributed by atoms with van der Waals surface area (Å²) in [5, 5.41) is 7.56. The van der Waals surface area contributed by atoms with Gasteiger partial charge in [0, 0.05) is 6.20 Å². The highest BCUT2D eigenvalue weighted by Gasteiger charge is 2.00. The van der Waals surface area contributed by atoms with Gasteiger partial charge in [0.25, 0.3) is 0 Å². The van der Waals surface area contributed by atoms with Gasteiger partial charge in [-0.1, -0.05) is 6.07 Å². The molecule has 3 heteroatoms. The number of nitrogens with zero attached hydrogens (tertiary/aromatic N) is 3. The van der Waals surface area contributed by atoms with Gasteiger partial charge in [-0.3, -0.25) is 4.98 Å². The van der Waals surface area contributed by atoms with Gasteiger partial charge in [0.2, 0.25) is 0 Å². The van der Waals surface area contributed by atoms with Crippen LogP contribution in [0.2, 0.25) is 0 Å². The molecule has 0 aromatic rings. The molecule has 0 aromatic heterocycles. The van der Waals surface area contributed by atoms with Crippen LogP contribution in [0.25, 0.3) is 11.4 Å². The Kier molecular flexibility index (Phi) is 1.07. The van der Waals surface area contributed by atoms with Gasteiger partial charge >= 0.3 is 0 Å². The lowest BCUT2D eigenvalue weighted by molar-refractivity contribution is 1.10. The van der Waals surface area contributed by atoms with Crippen molar-refractivity contribution in [1.82, 2.24) is 15.2 Å². The topological polar surface area (TPSA) is 38.7 Å². The van der Waals surface area contributed by atoms with Gasteiger partial charge in [-0.05, 0) is 12.1 Å². The summed E-state index contributed by atoms with van der Waals surface area (Å²) in [5.74, 6) is 0. The number of aromatic nitrogens is 3. The summed E-state index contributed by atoms with van der Waals surface area (Å²) in [5.41, 5.74) is 1.68. The van der Waals surface area contributed by atoms with Crippen LogP contribution in [-0.2, 0) is 0 Å². The molecule has 0 spiro atoms. The third-order valence-electron chi connectivity index (χ3n) is 1.27. The molecular formula is C7H5N3. The molecule has 0 atom stereocenters. The highest BCUT2D eigenvalue weighted by molar-refractivity contribution is 5.52. The molecule has 0 aromatic carbocycles. The molecule has 2 aliphatic rings. The monoisotopic (exact) mass is 131 g/mol. The summed E-state index contributed by atoms with van der Waals surface area (Å²) in [6.07, 6.45) is 3.38. The molecule has 0 fully saturated rings. The lowest BCUT2D eigenvalue weighted by Crippen LogP contribution is -1.71. The first-order valence-corrected chi connectivity index (χ1v) is 2.99. The van der Waals surface area contributed by atoms with E-state index in [0.717, 1.165) is 11.4 Å². The standard InChI is InChI=1S/C7H5N3/c1-2-4-8-7-5-9-10-6(7)3-1/h1-5H. The van der Waals surface area contributed by atoms with Crippen molar-refractivity contribution in [3.05, 3.63) is 30.6 Å². The lowest BCUT2D eigenvalue weighted by Gasteiger charge is -1.79. The van der Waals surface area contributed by atoms with E-state index in [1.54, 1.807) is 12.4 Å². The van der Waals surface area contributed by atoms with Crippen LogP contribution in [0.5, 0.6) is 0 Å². The minimum Gasteiger partial charge on any atom is -0.253 e. The molecule has 48 valence electrons. The quantitative estimate of drug-likeness (QED) is 0.534. The zero-order valence-electron chi connectivity index (χ0n) is 5.23. The summed E-state index contributed by atoms with van der Waals surface area (Å²) in [7, 11) is 0. The molecule has 0 N–H and O–H groups in total. The second-order valence-electron chi connectivity index (χ2n) is 1.94. The average Bonchev–Trinajstić information content (AvgIpc) is 2.28. The van der Waals surface area contributed by atoms with E-state index in [9.17, 15) is 0 Å². The van der Waals surface area contributed by atoms with Gasteiger partial charge in [-0.25, -0.2) is 0 Å². The van der Waals surface area contributed by atoms with Gasteiger partial charge in [-0.2, -0.15) is 5.10 Å². The van der Waals surface area contributed by atoms with Gasteiger partial charge in [0.15, 0.2) is 0 Å². The summed E-state index contributed by atoms with van der Waals surface area (Å²) < 4.78 is 0. The number of hydrogen-bond donors (Lipinski definition) is 0. The highest BCUT2D eigenvalue weighted by Crippen LogP contribution is 2.10. The molecule has 10 heavy (non-hydrogen) atoms. The molecule has 0 bridgehead atoms. The highest BCUT2D eigenvalue weighted by atomic mass is 15.1. The van der Waals surface area contributed by atoms with Crippen molar-refractivity contribution in [2.24, 2.45) is 0 Å². The summed E-state index contributed by atoms with van der Waals surface area (Å²) in [4.78, 5) is 4.08. The predicted octanol–water partition coefficient (Wildman–Crippen LogP) is 0.976. The fourth-order valence-corrected chi connectivity index (χ4v) is 0.801. The van der Waals surface area contributed by atoms with Crippen LogP contribution >= 0.6 is 0 Å². The molecule has 2 heterocycles. The van der Waals surface area contributed by atoms with Crippen LogP contribution in [0.4, 0.5) is 0 Å². The Balaban J connectivity index is 2.74. The van der Waals surface area contributed by atoms with Crippen molar-refractivity contribution in [2.75, 3.05) is 0 Å². The fraction of sp³-hybridized carbons (Fsp3) is 0.